The summed E-state index contributed by atoms with van der Waals surface area (Å²) in [6.07, 6.45) is 0. The molecule has 2 nitrogen and oxygen atoms in total. The van der Waals surface area contributed by atoms with Crippen LogP contribution in [0.5, 0.6) is 0 Å². The lowest BCUT2D eigenvalue weighted by atomic mass is 9.82. The second-order valence-corrected chi connectivity index (χ2v) is 14.3. The number of hydrogen-bond donors (Lipinski definition) is 0. The minimum Gasteiger partial charge on any atom is -0.456 e. The summed E-state index contributed by atoms with van der Waals surface area (Å²) in [5, 5.41) is 4.86. The van der Waals surface area contributed by atoms with Crippen molar-refractivity contribution in [2.24, 2.45) is 0 Å². The van der Waals surface area contributed by atoms with E-state index in [0.29, 0.717) is 0 Å². The van der Waals surface area contributed by atoms with Crippen LogP contribution in [0.15, 0.2) is 156 Å². The Kier molecular flexibility index (Phi) is 5.82. The van der Waals surface area contributed by atoms with Crippen molar-refractivity contribution in [1.29, 1.82) is 0 Å². The van der Waals surface area contributed by atoms with E-state index in [1.165, 1.54) is 48.1 Å². The second-order valence-electron chi connectivity index (χ2n) is 13.3. The van der Waals surface area contributed by atoms with Gasteiger partial charge < -0.3 is 9.32 Å². The molecule has 2 heterocycles. The topological polar surface area (TPSA) is 16.4 Å². The lowest BCUT2D eigenvalue weighted by Crippen LogP contribution is -2.17. The molecule has 1 aliphatic rings. The molecule has 0 aliphatic heterocycles. The number of furan rings is 1. The fourth-order valence-electron chi connectivity index (χ4n) is 8.04. The maximum Gasteiger partial charge on any atom is 0.136 e. The molecule has 0 bridgehead atoms. The van der Waals surface area contributed by atoms with Crippen LogP contribution < -0.4 is 4.90 Å². The van der Waals surface area contributed by atoms with Gasteiger partial charge in [-0.05, 0) is 70.3 Å². The molecule has 0 radical (unpaired) electrons. The molecule has 0 fully saturated rings. The Hall–Kier alpha value is -5.64. The van der Waals surface area contributed by atoms with E-state index in [-0.39, 0.29) is 5.41 Å². The fraction of sp³-hybridized carbons (Fsp3) is 0.0667. The molecule has 48 heavy (non-hydrogen) atoms. The van der Waals surface area contributed by atoms with Gasteiger partial charge in [0.25, 0.3) is 0 Å². The minimum absolute atomic E-state index is 0.113. The summed E-state index contributed by atoms with van der Waals surface area (Å²) in [6, 6.07) is 55.1. The van der Waals surface area contributed by atoms with Gasteiger partial charge >= 0.3 is 0 Å². The Morgan fingerprint density at radius 1 is 0.500 bits per heavy atom. The molecule has 3 heteroatoms. The summed E-state index contributed by atoms with van der Waals surface area (Å²) in [5.41, 5.74) is 12.9. The number of para-hydroxylation sites is 2. The molecule has 0 atom stereocenters. The molecule has 0 unspecified atom stereocenters. The van der Waals surface area contributed by atoms with E-state index in [1.54, 1.807) is 0 Å². The van der Waals surface area contributed by atoms with Crippen LogP contribution in [0, 0.1) is 0 Å². The largest absolute Gasteiger partial charge is 0.456 e. The Labute approximate surface area is 283 Å². The standard InChI is InChI=1S/C45H31NOS/c1-45(2)36-19-7-3-13-29(36)30-26-25-28(27-37(30)45)46(39-21-11-18-34-32-15-6-10-24-42(32)48-44(34)39)38-20-8-4-14-31(38)33-17-12-23-41-43(33)35-16-5-9-22-40(35)47-41/h3-27H,1-2H3. The molecule has 10 rings (SSSR count). The maximum atomic E-state index is 6.37. The quantitative estimate of drug-likeness (QED) is 0.192. The van der Waals surface area contributed by atoms with Crippen molar-refractivity contribution < 1.29 is 4.42 Å². The predicted molar refractivity (Wildman–Crippen MR) is 204 cm³/mol. The molecular weight excluding hydrogens is 603 g/mol. The van der Waals surface area contributed by atoms with Crippen LogP contribution in [-0.4, -0.2) is 0 Å². The molecule has 0 spiro atoms. The molecular formula is C45H31NOS. The molecule has 1 aliphatic carbocycles. The average molecular weight is 634 g/mol. The van der Waals surface area contributed by atoms with E-state index in [2.05, 4.69) is 164 Å². The van der Waals surface area contributed by atoms with E-state index in [1.807, 2.05) is 17.4 Å². The first-order valence-electron chi connectivity index (χ1n) is 16.5. The van der Waals surface area contributed by atoms with E-state index in [4.69, 9.17) is 4.42 Å². The minimum atomic E-state index is -0.113. The van der Waals surface area contributed by atoms with Crippen molar-refractivity contribution in [2.75, 3.05) is 4.90 Å². The van der Waals surface area contributed by atoms with Gasteiger partial charge in [0.1, 0.15) is 11.2 Å². The van der Waals surface area contributed by atoms with Crippen molar-refractivity contribution in [3.8, 4) is 22.3 Å². The summed E-state index contributed by atoms with van der Waals surface area (Å²) in [7, 11) is 0. The number of rotatable bonds is 4. The number of nitrogens with zero attached hydrogens (tertiary/aromatic N) is 1. The van der Waals surface area contributed by atoms with Crippen molar-refractivity contribution in [1.82, 2.24) is 0 Å². The molecule has 0 amide bonds. The van der Waals surface area contributed by atoms with Crippen LogP contribution in [0.1, 0.15) is 25.0 Å². The highest BCUT2D eigenvalue weighted by Crippen LogP contribution is 2.53. The van der Waals surface area contributed by atoms with Gasteiger partial charge in [-0.1, -0.05) is 123 Å². The summed E-state index contributed by atoms with van der Waals surface area (Å²) in [6.45, 7) is 4.72. The van der Waals surface area contributed by atoms with Gasteiger partial charge in [0.05, 0.1) is 16.1 Å². The van der Waals surface area contributed by atoms with E-state index in [0.717, 1.165) is 44.4 Å². The molecule has 0 saturated heterocycles. The van der Waals surface area contributed by atoms with Crippen LogP contribution in [-0.2, 0) is 5.41 Å². The number of thiophene rings is 1. The highest BCUT2D eigenvalue weighted by Gasteiger charge is 2.36. The molecule has 0 N–H and O–H groups in total. The monoisotopic (exact) mass is 633 g/mol. The smallest absolute Gasteiger partial charge is 0.136 e. The third kappa shape index (κ3) is 3.85. The van der Waals surface area contributed by atoms with Crippen LogP contribution in [0.2, 0.25) is 0 Å². The van der Waals surface area contributed by atoms with Crippen molar-refractivity contribution in [3.05, 3.63) is 163 Å². The van der Waals surface area contributed by atoms with Crippen LogP contribution in [0.25, 0.3) is 64.4 Å². The van der Waals surface area contributed by atoms with E-state index < -0.39 is 0 Å². The van der Waals surface area contributed by atoms with Gasteiger partial charge in [0.2, 0.25) is 0 Å². The van der Waals surface area contributed by atoms with Gasteiger partial charge in [-0.3, -0.25) is 0 Å². The first kappa shape index (κ1) is 27.5. The lowest BCUT2D eigenvalue weighted by molar-refractivity contribution is 0.660. The lowest BCUT2D eigenvalue weighted by Gasteiger charge is -2.30. The summed E-state index contributed by atoms with van der Waals surface area (Å²) in [5.74, 6) is 0. The van der Waals surface area contributed by atoms with E-state index in [9.17, 15) is 0 Å². The van der Waals surface area contributed by atoms with Crippen molar-refractivity contribution in [3.63, 3.8) is 0 Å². The molecule has 9 aromatic rings. The van der Waals surface area contributed by atoms with E-state index >= 15 is 0 Å². The Bertz CT molecular complexity index is 2730. The number of benzene rings is 7. The van der Waals surface area contributed by atoms with Crippen LogP contribution in [0.4, 0.5) is 17.1 Å². The first-order chi connectivity index (χ1) is 23.6. The zero-order chi connectivity index (χ0) is 32.0. The Morgan fingerprint density at radius 2 is 1.15 bits per heavy atom. The molecule has 0 saturated carbocycles. The van der Waals surface area contributed by atoms with Crippen LogP contribution >= 0.6 is 11.3 Å². The zero-order valence-electron chi connectivity index (χ0n) is 26.7. The maximum absolute atomic E-state index is 6.37. The SMILES string of the molecule is CC1(C)c2ccccc2-c2ccc(N(c3ccccc3-c3cccc4oc5ccccc5c34)c3cccc4c3sc3ccccc34)cc21. The molecule has 2 aromatic heterocycles. The van der Waals surface area contributed by atoms with Gasteiger partial charge in [-0.2, -0.15) is 0 Å². The van der Waals surface area contributed by atoms with Crippen molar-refractivity contribution >= 4 is 70.5 Å². The number of fused-ring (bicyclic) bond motifs is 9. The van der Waals surface area contributed by atoms with Gasteiger partial charge in [-0.15, -0.1) is 11.3 Å². The second kappa shape index (κ2) is 10.2. The molecule has 7 aromatic carbocycles. The zero-order valence-corrected chi connectivity index (χ0v) is 27.5. The molecule has 228 valence electrons. The third-order valence-corrected chi connectivity index (χ3v) is 11.5. The van der Waals surface area contributed by atoms with Gasteiger partial charge in [-0.25, -0.2) is 0 Å². The first-order valence-corrected chi connectivity index (χ1v) is 17.3. The van der Waals surface area contributed by atoms with Crippen LogP contribution in [0.3, 0.4) is 0 Å². The normalized spacial score (nSPS) is 13.4. The highest BCUT2D eigenvalue weighted by molar-refractivity contribution is 7.26. The fourth-order valence-corrected chi connectivity index (χ4v) is 9.25. The third-order valence-electron chi connectivity index (χ3n) is 10.3. The predicted octanol–water partition coefficient (Wildman–Crippen LogP) is 13.4. The number of anilines is 3. The summed E-state index contributed by atoms with van der Waals surface area (Å²) >= 11 is 1.87. The Balaban J connectivity index is 1.28. The highest BCUT2D eigenvalue weighted by atomic mass is 32.1. The average Bonchev–Trinajstić information content (AvgIpc) is 3.77. The Morgan fingerprint density at radius 3 is 2.06 bits per heavy atom. The van der Waals surface area contributed by atoms with Gasteiger partial charge in [0.15, 0.2) is 0 Å². The summed E-state index contributed by atoms with van der Waals surface area (Å²) < 4.78 is 8.95. The summed E-state index contributed by atoms with van der Waals surface area (Å²) in [4.78, 5) is 2.49. The van der Waals surface area contributed by atoms with Gasteiger partial charge in [0, 0.05) is 42.9 Å². The number of hydrogen-bond acceptors (Lipinski definition) is 3. The van der Waals surface area contributed by atoms with Crippen molar-refractivity contribution in [2.45, 2.75) is 19.3 Å².